The van der Waals surface area contributed by atoms with Gasteiger partial charge in [-0.3, -0.25) is 4.79 Å². The highest BCUT2D eigenvalue weighted by atomic mass is 35.5. The van der Waals surface area contributed by atoms with Gasteiger partial charge in [-0.2, -0.15) is 0 Å². The van der Waals surface area contributed by atoms with E-state index in [1.54, 1.807) is 0 Å². The molecule has 2 heterocycles. The van der Waals surface area contributed by atoms with Gasteiger partial charge in [-0.1, -0.05) is 35.7 Å². The quantitative estimate of drug-likeness (QED) is 0.782. The molecule has 2 aliphatic rings. The van der Waals surface area contributed by atoms with Gasteiger partial charge in [0.05, 0.1) is 16.1 Å². The Labute approximate surface area is 145 Å². The first-order valence-corrected chi connectivity index (χ1v) is 8.81. The van der Waals surface area contributed by atoms with Gasteiger partial charge in [0, 0.05) is 30.9 Å². The number of hydrogen-bond acceptors (Lipinski definition) is 1. The van der Waals surface area contributed by atoms with Crippen molar-refractivity contribution in [1.82, 2.24) is 9.47 Å². The fourth-order valence-electron chi connectivity index (χ4n) is 3.54. The summed E-state index contributed by atoms with van der Waals surface area (Å²) in [5, 5.41) is 1.07. The van der Waals surface area contributed by atoms with Crippen LogP contribution in [0.3, 0.4) is 0 Å². The number of rotatable bonds is 2. The molecule has 1 aliphatic heterocycles. The molecular formula is C18H18Cl2N2O. The van der Waals surface area contributed by atoms with E-state index in [9.17, 15) is 4.79 Å². The van der Waals surface area contributed by atoms with Gasteiger partial charge in [0.25, 0.3) is 0 Å². The van der Waals surface area contributed by atoms with Gasteiger partial charge < -0.3 is 9.47 Å². The molecule has 1 aromatic heterocycles. The van der Waals surface area contributed by atoms with Crippen LogP contribution in [-0.4, -0.2) is 21.9 Å². The van der Waals surface area contributed by atoms with Crippen molar-refractivity contribution in [3.05, 3.63) is 57.8 Å². The van der Waals surface area contributed by atoms with E-state index < -0.39 is 0 Å². The van der Waals surface area contributed by atoms with E-state index in [4.69, 9.17) is 23.2 Å². The van der Waals surface area contributed by atoms with Crippen LogP contribution in [0.5, 0.6) is 0 Å². The predicted octanol–water partition coefficient (Wildman–Crippen LogP) is 4.53. The maximum atomic E-state index is 12.9. The summed E-state index contributed by atoms with van der Waals surface area (Å²) in [5.41, 5.74) is 2.16. The van der Waals surface area contributed by atoms with Gasteiger partial charge in [-0.15, -0.1) is 0 Å². The van der Waals surface area contributed by atoms with Gasteiger partial charge in [-0.25, -0.2) is 0 Å². The van der Waals surface area contributed by atoms with Crippen molar-refractivity contribution in [2.45, 2.75) is 31.8 Å². The Morgan fingerprint density at radius 2 is 1.91 bits per heavy atom. The topological polar surface area (TPSA) is 25.2 Å². The molecule has 1 amide bonds. The van der Waals surface area contributed by atoms with Gasteiger partial charge >= 0.3 is 0 Å². The summed E-state index contributed by atoms with van der Waals surface area (Å²) in [6, 6.07) is 9.72. The Balaban J connectivity index is 1.76. The average Bonchev–Trinajstić information content (AvgIpc) is 2.95. The van der Waals surface area contributed by atoms with Crippen LogP contribution < -0.4 is 0 Å². The molecule has 1 aromatic carbocycles. The predicted molar refractivity (Wildman–Crippen MR) is 91.8 cm³/mol. The molecule has 0 N–H and O–H groups in total. The Kier molecular flexibility index (Phi) is 3.86. The number of amides is 1. The molecule has 1 unspecified atom stereocenters. The third-order valence-electron chi connectivity index (χ3n) is 5.04. The molecule has 3 nitrogen and oxygen atoms in total. The second-order valence-corrected chi connectivity index (χ2v) is 7.18. The van der Waals surface area contributed by atoms with Crippen LogP contribution in [0.15, 0.2) is 36.5 Å². The van der Waals surface area contributed by atoms with Crippen LogP contribution in [-0.2, 0) is 11.3 Å². The van der Waals surface area contributed by atoms with Crippen molar-refractivity contribution in [2.75, 3.05) is 6.54 Å². The van der Waals surface area contributed by atoms with E-state index in [0.717, 1.165) is 43.6 Å². The molecular weight excluding hydrogens is 331 g/mol. The lowest BCUT2D eigenvalue weighted by atomic mass is 9.83. The number of halogens is 2. The zero-order valence-corrected chi connectivity index (χ0v) is 14.2. The number of aromatic nitrogens is 1. The first kappa shape index (κ1) is 15.1. The molecule has 1 atom stereocenters. The maximum absolute atomic E-state index is 12.9. The molecule has 5 heteroatoms. The van der Waals surface area contributed by atoms with Crippen LogP contribution in [0, 0.1) is 5.92 Å². The van der Waals surface area contributed by atoms with E-state index in [1.165, 1.54) is 0 Å². The minimum Gasteiger partial charge on any atom is -0.348 e. The van der Waals surface area contributed by atoms with E-state index in [2.05, 4.69) is 16.8 Å². The van der Waals surface area contributed by atoms with Crippen LogP contribution in [0.2, 0.25) is 10.0 Å². The molecule has 120 valence electrons. The second kappa shape index (κ2) is 5.88. The van der Waals surface area contributed by atoms with Crippen molar-refractivity contribution in [1.29, 1.82) is 0 Å². The molecule has 1 aliphatic carbocycles. The van der Waals surface area contributed by atoms with Gasteiger partial charge in [0.2, 0.25) is 5.91 Å². The zero-order chi connectivity index (χ0) is 16.0. The van der Waals surface area contributed by atoms with Crippen molar-refractivity contribution >= 4 is 29.1 Å². The lowest BCUT2D eigenvalue weighted by Gasteiger charge is -2.41. The third kappa shape index (κ3) is 2.56. The molecule has 0 radical (unpaired) electrons. The monoisotopic (exact) mass is 348 g/mol. The highest BCUT2D eigenvalue weighted by molar-refractivity contribution is 6.42. The Morgan fingerprint density at radius 1 is 1.09 bits per heavy atom. The Morgan fingerprint density at radius 3 is 2.61 bits per heavy atom. The van der Waals surface area contributed by atoms with Crippen LogP contribution in [0.1, 0.15) is 36.6 Å². The van der Waals surface area contributed by atoms with Gasteiger partial charge in [0.15, 0.2) is 0 Å². The van der Waals surface area contributed by atoms with Crippen molar-refractivity contribution in [3.8, 4) is 0 Å². The smallest absolute Gasteiger partial charge is 0.226 e. The van der Waals surface area contributed by atoms with Gasteiger partial charge in [-0.05, 0) is 42.7 Å². The third-order valence-corrected chi connectivity index (χ3v) is 5.77. The molecule has 1 saturated carbocycles. The molecule has 0 saturated heterocycles. The average molecular weight is 349 g/mol. The molecule has 23 heavy (non-hydrogen) atoms. The molecule has 2 aromatic rings. The number of carbonyl (C=O) groups is 1. The fourth-order valence-corrected chi connectivity index (χ4v) is 3.85. The minimum absolute atomic E-state index is 0.0818. The maximum Gasteiger partial charge on any atom is 0.226 e. The van der Waals surface area contributed by atoms with Crippen molar-refractivity contribution in [2.24, 2.45) is 5.92 Å². The lowest BCUT2D eigenvalue weighted by Crippen LogP contribution is -2.46. The summed E-state index contributed by atoms with van der Waals surface area (Å²) in [7, 11) is 0. The summed E-state index contributed by atoms with van der Waals surface area (Å²) in [5.74, 6) is 0.474. The summed E-state index contributed by atoms with van der Waals surface area (Å²) in [6.45, 7) is 1.58. The molecule has 0 spiro atoms. The number of hydrogen-bond donors (Lipinski definition) is 0. The largest absolute Gasteiger partial charge is 0.348 e. The van der Waals surface area contributed by atoms with Crippen LogP contribution in [0.25, 0.3) is 0 Å². The molecule has 0 bridgehead atoms. The summed E-state index contributed by atoms with van der Waals surface area (Å²) < 4.78 is 2.22. The summed E-state index contributed by atoms with van der Waals surface area (Å²) in [4.78, 5) is 14.9. The molecule has 4 rings (SSSR count). The Hall–Kier alpha value is -1.45. The standard InChI is InChI=1S/C18H18Cl2N2O/c19-14-7-6-13(11-15(14)20)17-16-5-2-8-21(16)9-10-22(17)18(23)12-3-1-4-12/h2,5-8,11-12,17H,1,3-4,9-10H2. The van der Waals surface area contributed by atoms with Crippen LogP contribution in [0.4, 0.5) is 0 Å². The minimum atomic E-state index is -0.0818. The fraction of sp³-hybridized carbons (Fsp3) is 0.389. The number of fused-ring (bicyclic) bond motifs is 1. The first-order valence-electron chi connectivity index (χ1n) is 8.05. The van der Waals surface area contributed by atoms with Crippen molar-refractivity contribution in [3.63, 3.8) is 0 Å². The second-order valence-electron chi connectivity index (χ2n) is 6.36. The first-order chi connectivity index (χ1) is 11.1. The SMILES string of the molecule is O=C(C1CCC1)N1CCn2cccc2C1c1ccc(Cl)c(Cl)c1. The number of carbonyl (C=O) groups excluding carboxylic acids is 1. The van der Waals surface area contributed by atoms with Gasteiger partial charge in [0.1, 0.15) is 0 Å². The summed E-state index contributed by atoms with van der Waals surface area (Å²) >= 11 is 12.3. The van der Waals surface area contributed by atoms with E-state index in [0.29, 0.717) is 10.0 Å². The van der Waals surface area contributed by atoms with Crippen LogP contribution >= 0.6 is 23.2 Å². The normalized spacial score (nSPS) is 21.0. The van der Waals surface area contributed by atoms with Crippen molar-refractivity contribution < 1.29 is 4.79 Å². The number of nitrogens with zero attached hydrogens (tertiary/aromatic N) is 2. The Bertz CT molecular complexity index is 751. The highest BCUT2D eigenvalue weighted by Gasteiger charge is 2.37. The summed E-state index contributed by atoms with van der Waals surface area (Å²) in [6.07, 6.45) is 5.28. The van der Waals surface area contributed by atoms with E-state index >= 15 is 0 Å². The van der Waals surface area contributed by atoms with E-state index in [-0.39, 0.29) is 17.9 Å². The van der Waals surface area contributed by atoms with E-state index in [1.807, 2.05) is 29.2 Å². The lowest BCUT2D eigenvalue weighted by molar-refractivity contribution is -0.141. The highest BCUT2D eigenvalue weighted by Crippen LogP contribution is 2.38. The number of benzene rings is 1. The zero-order valence-electron chi connectivity index (χ0n) is 12.7. The molecule has 1 fully saturated rings.